The Morgan fingerprint density at radius 2 is 0.878 bits per heavy atom. The number of hydrogen-bond acceptors (Lipinski definition) is 3. The summed E-state index contributed by atoms with van der Waals surface area (Å²) in [5.41, 5.74) is 8.56. The van der Waals surface area contributed by atoms with Crippen LogP contribution < -0.4 is 0 Å². The SMILES string of the molecule is Clc1nc(-c2ccc3ccc(-c4ccccc4)cc3c2)nc(-c2ccccc2-c2cccc(-c3ccccc3)c2)n1. The normalized spacial score (nSPS) is 11.0. The number of nitrogens with zero attached hydrogens (tertiary/aromatic N) is 3. The van der Waals surface area contributed by atoms with Crippen LogP contribution >= 0.6 is 11.6 Å². The lowest BCUT2D eigenvalue weighted by atomic mass is 9.95. The second kappa shape index (κ2) is 10.8. The molecule has 0 radical (unpaired) electrons. The molecular weight excluding hydrogens is 522 g/mol. The second-order valence-corrected chi connectivity index (χ2v) is 10.2. The van der Waals surface area contributed by atoms with E-state index in [9.17, 15) is 0 Å². The van der Waals surface area contributed by atoms with Crippen LogP contribution in [0.15, 0.2) is 146 Å². The molecule has 194 valence electrons. The van der Waals surface area contributed by atoms with Gasteiger partial charge in [-0.3, -0.25) is 0 Å². The van der Waals surface area contributed by atoms with E-state index in [2.05, 4.69) is 119 Å². The summed E-state index contributed by atoms with van der Waals surface area (Å²) in [6.45, 7) is 0. The van der Waals surface area contributed by atoms with Gasteiger partial charge in [0.05, 0.1) is 0 Å². The first-order chi connectivity index (χ1) is 20.2. The van der Waals surface area contributed by atoms with E-state index in [-0.39, 0.29) is 5.28 Å². The molecule has 7 rings (SSSR count). The molecule has 0 aliphatic heterocycles. The van der Waals surface area contributed by atoms with Crippen LogP contribution in [-0.4, -0.2) is 15.0 Å². The lowest BCUT2D eigenvalue weighted by Gasteiger charge is -2.12. The van der Waals surface area contributed by atoms with Crippen LogP contribution in [0.4, 0.5) is 0 Å². The molecule has 4 heteroatoms. The monoisotopic (exact) mass is 545 g/mol. The van der Waals surface area contributed by atoms with Gasteiger partial charge < -0.3 is 0 Å². The minimum absolute atomic E-state index is 0.163. The highest BCUT2D eigenvalue weighted by atomic mass is 35.5. The Bertz CT molecular complexity index is 2000. The quantitative estimate of drug-likeness (QED) is 0.216. The summed E-state index contributed by atoms with van der Waals surface area (Å²) in [5.74, 6) is 1.08. The molecule has 0 saturated heterocycles. The van der Waals surface area contributed by atoms with Crippen LogP contribution in [0.3, 0.4) is 0 Å². The van der Waals surface area contributed by atoms with Gasteiger partial charge in [-0.15, -0.1) is 0 Å². The van der Waals surface area contributed by atoms with E-state index >= 15 is 0 Å². The summed E-state index contributed by atoms with van der Waals surface area (Å²) >= 11 is 6.51. The zero-order valence-electron chi connectivity index (χ0n) is 22.1. The van der Waals surface area contributed by atoms with Crippen molar-refractivity contribution in [1.29, 1.82) is 0 Å². The number of fused-ring (bicyclic) bond motifs is 1. The summed E-state index contributed by atoms with van der Waals surface area (Å²) < 4.78 is 0. The minimum Gasteiger partial charge on any atom is -0.208 e. The van der Waals surface area contributed by atoms with Gasteiger partial charge in [0.2, 0.25) is 5.28 Å². The third-order valence-corrected chi connectivity index (χ3v) is 7.43. The fourth-order valence-corrected chi connectivity index (χ4v) is 5.38. The third-order valence-electron chi connectivity index (χ3n) is 7.26. The van der Waals surface area contributed by atoms with Crippen molar-refractivity contribution in [3.8, 4) is 56.2 Å². The van der Waals surface area contributed by atoms with Crippen molar-refractivity contribution >= 4 is 22.4 Å². The highest BCUT2D eigenvalue weighted by Crippen LogP contribution is 2.34. The molecule has 0 spiro atoms. The second-order valence-electron chi connectivity index (χ2n) is 9.89. The fourth-order valence-electron chi connectivity index (χ4n) is 5.22. The molecule has 0 aliphatic rings. The standard InChI is InChI=1S/C37H24ClN3/c38-37-40-35(31-21-19-27-18-20-29(23-32(27)24-31)26-12-5-2-6-13-26)39-36(41-37)34-17-8-7-16-33(34)30-15-9-14-28(22-30)25-10-3-1-4-11-25/h1-24H. The zero-order valence-corrected chi connectivity index (χ0v) is 22.8. The van der Waals surface area contributed by atoms with Crippen LogP contribution in [0.1, 0.15) is 0 Å². The van der Waals surface area contributed by atoms with Crippen molar-refractivity contribution in [1.82, 2.24) is 15.0 Å². The van der Waals surface area contributed by atoms with E-state index in [0.29, 0.717) is 11.6 Å². The smallest absolute Gasteiger partial charge is 0.208 e. The Kier molecular flexibility index (Phi) is 6.56. The lowest BCUT2D eigenvalue weighted by molar-refractivity contribution is 1.07. The maximum Gasteiger partial charge on any atom is 0.226 e. The molecule has 1 heterocycles. The van der Waals surface area contributed by atoms with E-state index in [4.69, 9.17) is 16.6 Å². The van der Waals surface area contributed by atoms with Crippen LogP contribution in [-0.2, 0) is 0 Å². The molecule has 3 nitrogen and oxygen atoms in total. The molecule has 1 aromatic heterocycles. The Morgan fingerprint density at radius 3 is 1.61 bits per heavy atom. The first-order valence-corrected chi connectivity index (χ1v) is 13.9. The van der Waals surface area contributed by atoms with E-state index in [0.717, 1.165) is 44.2 Å². The van der Waals surface area contributed by atoms with Crippen molar-refractivity contribution in [2.75, 3.05) is 0 Å². The summed E-state index contributed by atoms with van der Waals surface area (Å²) in [4.78, 5) is 14.0. The minimum atomic E-state index is 0.163. The number of rotatable bonds is 5. The van der Waals surface area contributed by atoms with Gasteiger partial charge in [0.1, 0.15) is 0 Å². The molecule has 41 heavy (non-hydrogen) atoms. The van der Waals surface area contributed by atoms with Gasteiger partial charge >= 0.3 is 0 Å². The largest absolute Gasteiger partial charge is 0.226 e. The van der Waals surface area contributed by atoms with Gasteiger partial charge in [0.15, 0.2) is 11.6 Å². The van der Waals surface area contributed by atoms with Crippen molar-refractivity contribution in [2.45, 2.75) is 0 Å². The van der Waals surface area contributed by atoms with Crippen LogP contribution in [0.25, 0.3) is 66.9 Å². The van der Waals surface area contributed by atoms with Crippen LogP contribution in [0.5, 0.6) is 0 Å². The molecule has 6 aromatic carbocycles. The van der Waals surface area contributed by atoms with E-state index in [1.807, 2.05) is 36.4 Å². The predicted molar refractivity (Wildman–Crippen MR) is 170 cm³/mol. The van der Waals surface area contributed by atoms with Gasteiger partial charge in [0.25, 0.3) is 0 Å². The average molecular weight is 546 g/mol. The van der Waals surface area contributed by atoms with Crippen molar-refractivity contribution in [2.24, 2.45) is 0 Å². The summed E-state index contributed by atoms with van der Waals surface area (Å²) in [6.07, 6.45) is 0. The maximum atomic E-state index is 6.51. The molecule has 0 atom stereocenters. The van der Waals surface area contributed by atoms with Crippen molar-refractivity contribution in [3.05, 3.63) is 151 Å². The average Bonchev–Trinajstić information content (AvgIpc) is 3.05. The lowest BCUT2D eigenvalue weighted by Crippen LogP contribution is -1.98. The Labute approximate surface area is 243 Å². The maximum absolute atomic E-state index is 6.51. The number of benzene rings is 6. The number of aromatic nitrogens is 3. The summed E-state index contributed by atoms with van der Waals surface area (Å²) in [6, 6.07) is 50.2. The first kappa shape index (κ1) is 24.9. The molecule has 0 aliphatic carbocycles. The molecule has 0 saturated carbocycles. The Hall–Kier alpha value is -5.12. The first-order valence-electron chi connectivity index (χ1n) is 13.5. The van der Waals surface area contributed by atoms with E-state index in [1.54, 1.807) is 0 Å². The van der Waals surface area contributed by atoms with E-state index < -0.39 is 0 Å². The molecule has 0 fully saturated rings. The fraction of sp³-hybridized carbons (Fsp3) is 0. The molecular formula is C37H24ClN3. The number of halogens is 1. The molecule has 0 unspecified atom stereocenters. The molecule has 7 aromatic rings. The van der Waals surface area contributed by atoms with Gasteiger partial charge in [-0.2, -0.15) is 9.97 Å². The van der Waals surface area contributed by atoms with Crippen molar-refractivity contribution < 1.29 is 0 Å². The molecule has 0 amide bonds. The van der Waals surface area contributed by atoms with Crippen LogP contribution in [0, 0.1) is 0 Å². The van der Waals surface area contributed by atoms with Gasteiger partial charge in [-0.05, 0) is 74.0 Å². The van der Waals surface area contributed by atoms with Gasteiger partial charge in [-0.1, -0.05) is 127 Å². The van der Waals surface area contributed by atoms with Gasteiger partial charge in [-0.25, -0.2) is 4.98 Å². The third kappa shape index (κ3) is 5.11. The molecule has 0 N–H and O–H groups in total. The Morgan fingerprint density at radius 1 is 0.341 bits per heavy atom. The highest BCUT2D eigenvalue weighted by Gasteiger charge is 2.15. The molecule has 0 bridgehead atoms. The predicted octanol–water partition coefficient (Wildman–Crippen LogP) is 10.0. The van der Waals surface area contributed by atoms with Gasteiger partial charge in [0, 0.05) is 11.1 Å². The topological polar surface area (TPSA) is 38.7 Å². The highest BCUT2D eigenvalue weighted by molar-refractivity contribution is 6.28. The Balaban J connectivity index is 1.30. The zero-order chi connectivity index (χ0) is 27.6. The van der Waals surface area contributed by atoms with Crippen LogP contribution in [0.2, 0.25) is 5.28 Å². The summed E-state index contributed by atoms with van der Waals surface area (Å²) in [5, 5.41) is 2.42. The van der Waals surface area contributed by atoms with Crippen molar-refractivity contribution in [3.63, 3.8) is 0 Å². The van der Waals surface area contributed by atoms with E-state index in [1.165, 1.54) is 11.1 Å². The number of hydrogen-bond donors (Lipinski definition) is 0. The summed E-state index contributed by atoms with van der Waals surface area (Å²) in [7, 11) is 0.